The predicted molar refractivity (Wildman–Crippen MR) is 109 cm³/mol. The number of rotatable bonds is 3. The summed E-state index contributed by atoms with van der Waals surface area (Å²) in [6, 6.07) is 14.5. The van der Waals surface area contributed by atoms with Crippen molar-refractivity contribution < 1.29 is 14.4 Å². The Hall–Kier alpha value is -3.05. The second kappa shape index (κ2) is 6.49. The molecule has 5 heteroatoms. The zero-order chi connectivity index (χ0) is 20.3. The van der Waals surface area contributed by atoms with Gasteiger partial charge in [0.05, 0.1) is 23.6 Å². The lowest BCUT2D eigenvalue weighted by Gasteiger charge is -2.33. The number of ketones is 1. The van der Waals surface area contributed by atoms with Gasteiger partial charge in [-0.15, -0.1) is 0 Å². The molecule has 2 bridgehead atoms. The molecule has 2 amide bonds. The van der Waals surface area contributed by atoms with Gasteiger partial charge in [-0.3, -0.25) is 19.3 Å². The Kier molecular flexibility index (Phi) is 4.03. The van der Waals surface area contributed by atoms with Crippen molar-refractivity contribution in [3.8, 4) is 0 Å². The van der Waals surface area contributed by atoms with Crippen molar-refractivity contribution in [1.82, 2.24) is 4.90 Å². The van der Waals surface area contributed by atoms with Crippen molar-refractivity contribution in [2.24, 2.45) is 11.8 Å². The van der Waals surface area contributed by atoms with E-state index >= 15 is 0 Å². The quantitative estimate of drug-likeness (QED) is 0.762. The molecule has 2 fully saturated rings. The molecule has 2 aromatic rings. The highest BCUT2D eigenvalue weighted by atomic mass is 16.2. The van der Waals surface area contributed by atoms with Crippen LogP contribution in [0.25, 0.3) is 0 Å². The minimum Gasteiger partial charge on any atom is -0.293 e. The Balaban J connectivity index is 1.52. The smallest absolute Gasteiger partial charge is 0.239 e. The van der Waals surface area contributed by atoms with Crippen LogP contribution in [0.2, 0.25) is 0 Å². The van der Waals surface area contributed by atoms with Crippen LogP contribution in [0.5, 0.6) is 0 Å². The third-order valence-corrected chi connectivity index (χ3v) is 6.26. The number of nitrogens with zero attached hydrogens (tertiary/aromatic N) is 2. The second-order valence-electron chi connectivity index (χ2n) is 8.26. The van der Waals surface area contributed by atoms with Gasteiger partial charge in [-0.25, -0.2) is 4.90 Å². The first-order valence-corrected chi connectivity index (χ1v) is 9.93. The topological polar surface area (TPSA) is 57.7 Å². The zero-order valence-corrected chi connectivity index (χ0v) is 16.4. The van der Waals surface area contributed by atoms with E-state index in [0.29, 0.717) is 12.2 Å². The monoisotopic (exact) mass is 386 g/mol. The van der Waals surface area contributed by atoms with Gasteiger partial charge in [-0.1, -0.05) is 53.6 Å². The Bertz CT molecular complexity index is 1040. The molecule has 4 atom stereocenters. The Labute approximate surface area is 169 Å². The fraction of sp³-hybridized carbons (Fsp3) is 0.292. The average Bonchev–Trinajstić information content (AvgIpc) is 3.05. The van der Waals surface area contributed by atoms with E-state index in [1.807, 2.05) is 43.0 Å². The van der Waals surface area contributed by atoms with Gasteiger partial charge in [-0.2, -0.15) is 0 Å². The number of hydrogen-bond donors (Lipinski definition) is 0. The molecule has 2 aromatic carbocycles. The van der Waals surface area contributed by atoms with Gasteiger partial charge in [0.15, 0.2) is 5.78 Å². The molecule has 2 saturated heterocycles. The highest BCUT2D eigenvalue weighted by molar-refractivity contribution is 6.24. The van der Waals surface area contributed by atoms with E-state index in [-0.39, 0.29) is 23.6 Å². The van der Waals surface area contributed by atoms with E-state index in [9.17, 15) is 14.4 Å². The average molecular weight is 386 g/mol. The van der Waals surface area contributed by atoms with Gasteiger partial charge in [-0.05, 0) is 37.6 Å². The minimum atomic E-state index is -0.624. The largest absolute Gasteiger partial charge is 0.293 e. The Morgan fingerprint density at radius 3 is 2.21 bits per heavy atom. The van der Waals surface area contributed by atoms with Crippen LogP contribution in [0.4, 0.5) is 5.69 Å². The van der Waals surface area contributed by atoms with Crippen LogP contribution in [-0.2, 0) is 20.9 Å². The summed E-state index contributed by atoms with van der Waals surface area (Å²) < 4.78 is 0. The maximum Gasteiger partial charge on any atom is 0.239 e. The van der Waals surface area contributed by atoms with Crippen molar-refractivity contribution in [2.75, 3.05) is 4.90 Å². The molecule has 0 N–H and O–H groups in total. The number of carbonyl (C=O) groups is 3. The van der Waals surface area contributed by atoms with E-state index in [0.717, 1.165) is 16.7 Å². The second-order valence-corrected chi connectivity index (χ2v) is 8.26. The Morgan fingerprint density at radius 1 is 0.862 bits per heavy atom. The molecule has 5 nitrogen and oxygen atoms in total. The molecule has 146 valence electrons. The summed E-state index contributed by atoms with van der Waals surface area (Å²) >= 11 is 0. The van der Waals surface area contributed by atoms with Gasteiger partial charge in [0, 0.05) is 12.6 Å². The maximum absolute atomic E-state index is 13.3. The van der Waals surface area contributed by atoms with Gasteiger partial charge in [0.1, 0.15) is 0 Å². The van der Waals surface area contributed by atoms with Crippen LogP contribution in [0, 0.1) is 25.7 Å². The van der Waals surface area contributed by atoms with Crippen molar-refractivity contribution in [2.45, 2.75) is 32.5 Å². The van der Waals surface area contributed by atoms with Crippen molar-refractivity contribution in [3.63, 3.8) is 0 Å². The highest BCUT2D eigenvalue weighted by Crippen LogP contribution is 2.47. The first-order valence-electron chi connectivity index (χ1n) is 9.93. The van der Waals surface area contributed by atoms with Crippen molar-refractivity contribution in [1.29, 1.82) is 0 Å². The van der Waals surface area contributed by atoms with Crippen LogP contribution in [-0.4, -0.2) is 34.6 Å². The summed E-state index contributed by atoms with van der Waals surface area (Å²) in [7, 11) is 0. The van der Waals surface area contributed by atoms with Crippen LogP contribution < -0.4 is 4.90 Å². The minimum absolute atomic E-state index is 0.0887. The number of carbonyl (C=O) groups excluding carboxylic acids is 3. The number of hydrogen-bond acceptors (Lipinski definition) is 4. The number of fused-ring (bicyclic) bond motifs is 5. The third-order valence-electron chi connectivity index (χ3n) is 6.26. The van der Waals surface area contributed by atoms with Crippen LogP contribution >= 0.6 is 0 Å². The highest BCUT2D eigenvalue weighted by Gasteiger charge is 2.64. The summed E-state index contributed by atoms with van der Waals surface area (Å²) in [6.45, 7) is 4.64. The van der Waals surface area contributed by atoms with E-state index in [1.54, 1.807) is 18.2 Å². The third kappa shape index (κ3) is 2.69. The first kappa shape index (κ1) is 18.0. The number of benzene rings is 2. The lowest BCUT2D eigenvalue weighted by molar-refractivity contribution is -0.129. The van der Waals surface area contributed by atoms with Crippen molar-refractivity contribution >= 4 is 23.3 Å². The fourth-order valence-corrected chi connectivity index (χ4v) is 5.27. The molecule has 0 spiro atoms. The Morgan fingerprint density at radius 2 is 1.52 bits per heavy atom. The molecule has 0 aliphatic carbocycles. The van der Waals surface area contributed by atoms with Gasteiger partial charge in [0.2, 0.25) is 11.8 Å². The number of amides is 2. The van der Waals surface area contributed by atoms with E-state index < -0.39 is 17.9 Å². The predicted octanol–water partition coefficient (Wildman–Crippen LogP) is 2.80. The molecule has 0 unspecified atom stereocenters. The molecule has 3 aliphatic rings. The molecule has 3 aliphatic heterocycles. The summed E-state index contributed by atoms with van der Waals surface area (Å²) in [6.07, 6.45) is 3.37. The molecule has 3 heterocycles. The van der Waals surface area contributed by atoms with Crippen molar-refractivity contribution in [3.05, 3.63) is 77.4 Å². The normalized spacial score (nSPS) is 28.3. The number of anilines is 1. The standard InChI is InChI=1S/C24H22N2O3/c1-14-10-15(2)12-16(11-14)13-25-18-8-9-19(27)22(25)21-20(18)23(28)26(24(21)29)17-6-4-3-5-7-17/h3-12,18,20-22H,13H2,1-2H3/t18-,20-,21-,22+/m0/s1. The molecular weight excluding hydrogens is 364 g/mol. The SMILES string of the molecule is Cc1cc(C)cc(CN2[C@@H]3C(=O)C=C[C@H]2[C@@H]2C(=O)N(c4ccccc4)C(=O)[C@@H]23)c1. The number of imide groups is 1. The molecule has 29 heavy (non-hydrogen) atoms. The van der Waals surface area contributed by atoms with Crippen LogP contribution in [0.3, 0.4) is 0 Å². The van der Waals surface area contributed by atoms with Gasteiger partial charge >= 0.3 is 0 Å². The van der Waals surface area contributed by atoms with Crippen LogP contribution in [0.1, 0.15) is 16.7 Å². The summed E-state index contributed by atoms with van der Waals surface area (Å²) in [5.41, 5.74) is 4.00. The molecule has 0 saturated carbocycles. The fourth-order valence-electron chi connectivity index (χ4n) is 5.27. The van der Waals surface area contributed by atoms with E-state index in [4.69, 9.17) is 0 Å². The molecule has 5 rings (SSSR count). The van der Waals surface area contributed by atoms with E-state index in [2.05, 4.69) is 18.2 Å². The summed E-state index contributed by atoms with van der Waals surface area (Å²) in [5, 5.41) is 0. The zero-order valence-electron chi connectivity index (χ0n) is 16.4. The first-order chi connectivity index (χ1) is 14.0. The molecule has 0 radical (unpaired) electrons. The van der Waals surface area contributed by atoms with E-state index in [1.165, 1.54) is 4.90 Å². The number of aryl methyl sites for hydroxylation is 2. The van der Waals surface area contributed by atoms with Crippen LogP contribution in [0.15, 0.2) is 60.7 Å². The molecular formula is C24H22N2O3. The lowest BCUT2D eigenvalue weighted by Crippen LogP contribution is -2.48. The summed E-state index contributed by atoms with van der Waals surface area (Å²) in [4.78, 5) is 42.7. The summed E-state index contributed by atoms with van der Waals surface area (Å²) in [5.74, 6) is -1.69. The van der Waals surface area contributed by atoms with Gasteiger partial charge in [0.25, 0.3) is 0 Å². The molecule has 0 aromatic heterocycles. The number of para-hydroxylation sites is 1. The maximum atomic E-state index is 13.3. The lowest BCUT2D eigenvalue weighted by atomic mass is 9.90. The van der Waals surface area contributed by atoms with Gasteiger partial charge < -0.3 is 0 Å².